The van der Waals surface area contributed by atoms with E-state index in [4.69, 9.17) is 16.3 Å². The lowest BCUT2D eigenvalue weighted by molar-refractivity contribution is -0.123. The maximum atomic E-state index is 12.8. The molecular formula is C25H26ClN3O3. The van der Waals surface area contributed by atoms with Gasteiger partial charge in [0.25, 0.3) is 11.8 Å². The van der Waals surface area contributed by atoms with Crippen LogP contribution in [0.2, 0.25) is 5.02 Å². The van der Waals surface area contributed by atoms with Crippen LogP contribution in [0.3, 0.4) is 0 Å². The summed E-state index contributed by atoms with van der Waals surface area (Å²) in [6.07, 6.45) is 2.03. The van der Waals surface area contributed by atoms with Crippen LogP contribution in [0, 0.1) is 5.92 Å². The predicted molar refractivity (Wildman–Crippen MR) is 128 cm³/mol. The van der Waals surface area contributed by atoms with Crippen molar-refractivity contribution in [2.24, 2.45) is 11.0 Å². The SMILES string of the molecule is COc1ccc2ccccc2c1/C=N/NC(=O)C(CC(C)C)NC(=O)c1ccc(Cl)cc1. The van der Waals surface area contributed by atoms with E-state index >= 15 is 0 Å². The van der Waals surface area contributed by atoms with E-state index in [0.29, 0.717) is 22.8 Å². The fraction of sp³-hybridized carbons (Fsp3) is 0.240. The summed E-state index contributed by atoms with van der Waals surface area (Å²) in [5, 5.41) is 9.47. The Morgan fingerprint density at radius 2 is 1.78 bits per heavy atom. The molecule has 0 spiro atoms. The Morgan fingerprint density at radius 1 is 1.06 bits per heavy atom. The molecule has 1 atom stereocenters. The number of carbonyl (C=O) groups excluding carboxylic acids is 2. The van der Waals surface area contributed by atoms with Crippen molar-refractivity contribution in [3.05, 3.63) is 76.8 Å². The van der Waals surface area contributed by atoms with E-state index in [2.05, 4.69) is 15.8 Å². The van der Waals surface area contributed by atoms with Gasteiger partial charge in [0.2, 0.25) is 0 Å². The summed E-state index contributed by atoms with van der Waals surface area (Å²) in [7, 11) is 1.59. The molecule has 0 saturated heterocycles. The van der Waals surface area contributed by atoms with Gasteiger partial charge in [0.05, 0.1) is 13.3 Å². The van der Waals surface area contributed by atoms with Gasteiger partial charge in [-0.2, -0.15) is 5.10 Å². The van der Waals surface area contributed by atoms with E-state index in [1.807, 2.05) is 50.2 Å². The molecule has 0 aliphatic carbocycles. The number of hydrazone groups is 1. The van der Waals surface area contributed by atoms with Crippen LogP contribution in [0.1, 0.15) is 36.2 Å². The molecule has 6 nitrogen and oxygen atoms in total. The van der Waals surface area contributed by atoms with Crippen molar-refractivity contribution in [3.63, 3.8) is 0 Å². The van der Waals surface area contributed by atoms with Crippen LogP contribution in [-0.2, 0) is 4.79 Å². The van der Waals surface area contributed by atoms with E-state index in [9.17, 15) is 9.59 Å². The Labute approximate surface area is 192 Å². The Morgan fingerprint density at radius 3 is 2.47 bits per heavy atom. The summed E-state index contributed by atoms with van der Waals surface area (Å²) >= 11 is 5.89. The van der Waals surface area contributed by atoms with Gasteiger partial charge in [-0.1, -0.05) is 55.8 Å². The largest absolute Gasteiger partial charge is 0.496 e. The maximum absolute atomic E-state index is 12.8. The zero-order valence-electron chi connectivity index (χ0n) is 18.3. The second-order valence-electron chi connectivity index (χ2n) is 7.80. The third-order valence-electron chi connectivity index (χ3n) is 4.95. The first-order valence-corrected chi connectivity index (χ1v) is 10.7. The van der Waals surface area contributed by atoms with Crippen molar-refractivity contribution in [1.82, 2.24) is 10.7 Å². The summed E-state index contributed by atoms with van der Waals surface area (Å²) < 4.78 is 5.45. The standard InChI is InChI=1S/C25H26ClN3O3/c1-16(2)14-22(28-24(30)18-8-11-19(26)12-9-18)25(31)29-27-15-21-20-7-5-4-6-17(20)10-13-23(21)32-3/h4-13,15-16,22H,14H2,1-3H3,(H,28,30)(H,29,31)/b27-15+. The van der Waals surface area contributed by atoms with Gasteiger partial charge in [0, 0.05) is 16.1 Å². The van der Waals surface area contributed by atoms with E-state index in [1.54, 1.807) is 37.6 Å². The lowest BCUT2D eigenvalue weighted by Crippen LogP contribution is -2.46. The molecule has 1 unspecified atom stereocenters. The second kappa shape index (κ2) is 10.8. The number of nitrogens with one attached hydrogen (secondary N) is 2. The highest BCUT2D eigenvalue weighted by Gasteiger charge is 2.22. The van der Waals surface area contributed by atoms with E-state index in [-0.39, 0.29) is 11.8 Å². The fourth-order valence-electron chi connectivity index (χ4n) is 3.37. The van der Waals surface area contributed by atoms with Crippen LogP contribution in [-0.4, -0.2) is 31.2 Å². The fourth-order valence-corrected chi connectivity index (χ4v) is 3.50. The molecule has 166 valence electrons. The number of amides is 2. The molecule has 0 fully saturated rings. The highest BCUT2D eigenvalue weighted by molar-refractivity contribution is 6.30. The molecule has 7 heteroatoms. The zero-order chi connectivity index (χ0) is 23.1. The molecule has 0 aromatic heterocycles. The summed E-state index contributed by atoms with van der Waals surface area (Å²) in [5.41, 5.74) is 3.75. The molecule has 32 heavy (non-hydrogen) atoms. The molecule has 0 heterocycles. The van der Waals surface area contributed by atoms with Gasteiger partial charge in [0.1, 0.15) is 11.8 Å². The van der Waals surface area contributed by atoms with Crippen LogP contribution in [0.15, 0.2) is 65.8 Å². The molecule has 3 aromatic carbocycles. The van der Waals surface area contributed by atoms with E-state index in [1.165, 1.54) is 0 Å². The molecule has 2 amide bonds. The van der Waals surface area contributed by atoms with Crippen LogP contribution in [0.25, 0.3) is 10.8 Å². The van der Waals surface area contributed by atoms with Gasteiger partial charge >= 0.3 is 0 Å². The molecule has 0 radical (unpaired) electrons. The number of fused-ring (bicyclic) bond motifs is 1. The molecule has 3 rings (SSSR count). The van der Waals surface area contributed by atoms with Crippen molar-refractivity contribution in [3.8, 4) is 5.75 Å². The normalized spacial score (nSPS) is 12.2. The predicted octanol–water partition coefficient (Wildman–Crippen LogP) is 4.80. The number of hydrogen-bond donors (Lipinski definition) is 2. The minimum atomic E-state index is -0.732. The van der Waals surface area contributed by atoms with Crippen molar-refractivity contribution in [1.29, 1.82) is 0 Å². The quantitative estimate of drug-likeness (QED) is 0.381. The summed E-state index contributed by atoms with van der Waals surface area (Å²) in [4.78, 5) is 25.4. The summed E-state index contributed by atoms with van der Waals surface area (Å²) in [5.74, 6) is 0.105. The van der Waals surface area contributed by atoms with Crippen LogP contribution < -0.4 is 15.5 Å². The van der Waals surface area contributed by atoms with Gasteiger partial charge in [-0.05, 0) is 53.4 Å². The van der Waals surface area contributed by atoms with Crippen LogP contribution in [0.5, 0.6) is 5.75 Å². The second-order valence-corrected chi connectivity index (χ2v) is 8.24. The topological polar surface area (TPSA) is 79.8 Å². The minimum absolute atomic E-state index is 0.193. The maximum Gasteiger partial charge on any atom is 0.262 e. The van der Waals surface area contributed by atoms with Gasteiger partial charge in [-0.15, -0.1) is 0 Å². The lowest BCUT2D eigenvalue weighted by Gasteiger charge is -2.19. The van der Waals surface area contributed by atoms with Crippen LogP contribution in [0.4, 0.5) is 0 Å². The zero-order valence-corrected chi connectivity index (χ0v) is 19.0. The monoisotopic (exact) mass is 451 g/mol. The average Bonchev–Trinajstić information content (AvgIpc) is 2.78. The lowest BCUT2D eigenvalue weighted by atomic mass is 10.0. The van der Waals surface area contributed by atoms with Crippen LogP contribution >= 0.6 is 11.6 Å². The number of rotatable bonds is 8. The number of methoxy groups -OCH3 is 1. The Balaban J connectivity index is 1.75. The number of carbonyl (C=O) groups is 2. The summed E-state index contributed by atoms with van der Waals surface area (Å²) in [6, 6.07) is 17.5. The van der Waals surface area contributed by atoms with E-state index in [0.717, 1.165) is 16.3 Å². The molecular weight excluding hydrogens is 426 g/mol. The van der Waals surface area contributed by atoms with Crippen molar-refractivity contribution in [2.45, 2.75) is 26.3 Å². The number of nitrogens with zero attached hydrogens (tertiary/aromatic N) is 1. The Bertz CT molecular complexity index is 1130. The molecule has 3 aromatic rings. The highest BCUT2D eigenvalue weighted by atomic mass is 35.5. The van der Waals surface area contributed by atoms with Crippen molar-refractivity contribution in [2.75, 3.05) is 7.11 Å². The Hall–Kier alpha value is -3.38. The number of halogens is 1. The minimum Gasteiger partial charge on any atom is -0.496 e. The molecule has 0 bridgehead atoms. The van der Waals surface area contributed by atoms with Gasteiger partial charge < -0.3 is 10.1 Å². The molecule has 0 aliphatic rings. The molecule has 0 saturated carbocycles. The number of hydrogen-bond acceptors (Lipinski definition) is 4. The van der Waals surface area contributed by atoms with Gasteiger partial charge in [0.15, 0.2) is 0 Å². The first-order chi connectivity index (χ1) is 15.4. The molecule has 0 aliphatic heterocycles. The third-order valence-corrected chi connectivity index (χ3v) is 5.21. The van der Waals surface area contributed by atoms with Crippen molar-refractivity contribution < 1.29 is 14.3 Å². The Kier molecular flexibility index (Phi) is 7.84. The number of benzene rings is 3. The smallest absolute Gasteiger partial charge is 0.262 e. The highest BCUT2D eigenvalue weighted by Crippen LogP contribution is 2.26. The third kappa shape index (κ3) is 5.86. The average molecular weight is 452 g/mol. The summed E-state index contributed by atoms with van der Waals surface area (Å²) in [6.45, 7) is 3.97. The van der Waals surface area contributed by atoms with Gasteiger partial charge in [-0.25, -0.2) is 5.43 Å². The molecule has 2 N–H and O–H groups in total. The first-order valence-electron chi connectivity index (χ1n) is 10.3. The first kappa shape index (κ1) is 23.3. The van der Waals surface area contributed by atoms with E-state index < -0.39 is 11.9 Å². The number of ether oxygens (including phenoxy) is 1. The van der Waals surface area contributed by atoms with Crippen molar-refractivity contribution >= 4 is 40.4 Å². The van der Waals surface area contributed by atoms with Gasteiger partial charge in [-0.3, -0.25) is 9.59 Å².